The molecule has 0 bridgehead atoms. The summed E-state index contributed by atoms with van der Waals surface area (Å²) in [6.45, 7) is 2.40. The highest BCUT2D eigenvalue weighted by Gasteiger charge is 2.43. The number of fused-ring (bicyclic) bond motifs is 1. The molecule has 0 saturated heterocycles. The summed E-state index contributed by atoms with van der Waals surface area (Å²) < 4.78 is 10.7. The highest BCUT2D eigenvalue weighted by Crippen LogP contribution is 2.45. The fourth-order valence-corrected chi connectivity index (χ4v) is 3.79. The molecule has 1 amide bonds. The van der Waals surface area contributed by atoms with Crippen LogP contribution in [0.2, 0.25) is 0 Å². The molecule has 1 aliphatic carbocycles. The van der Waals surface area contributed by atoms with Gasteiger partial charge in [-0.2, -0.15) is 0 Å². The first-order valence-electron chi connectivity index (χ1n) is 9.44. The van der Waals surface area contributed by atoms with Gasteiger partial charge in [0.25, 0.3) is 0 Å². The van der Waals surface area contributed by atoms with Crippen LogP contribution < -0.4 is 15.4 Å². The van der Waals surface area contributed by atoms with Crippen molar-refractivity contribution in [2.45, 2.75) is 38.5 Å². The van der Waals surface area contributed by atoms with Crippen molar-refractivity contribution in [1.82, 2.24) is 10.3 Å². The van der Waals surface area contributed by atoms with Crippen LogP contribution in [-0.4, -0.2) is 24.2 Å². The van der Waals surface area contributed by atoms with E-state index in [1.807, 2.05) is 42.5 Å². The maximum absolute atomic E-state index is 12.5. The monoisotopic (exact) mass is 367 g/mol. The van der Waals surface area contributed by atoms with E-state index in [4.69, 9.17) is 9.47 Å². The first-order valence-corrected chi connectivity index (χ1v) is 9.44. The molecule has 2 heterocycles. The molecule has 4 rings (SSSR count). The number of alkyl carbamates (subject to hydrolysis) is 1. The molecule has 2 aliphatic rings. The van der Waals surface area contributed by atoms with Gasteiger partial charge in [-0.05, 0) is 30.4 Å². The molecule has 6 heteroatoms. The van der Waals surface area contributed by atoms with Gasteiger partial charge in [-0.15, -0.1) is 0 Å². The molecule has 1 aromatic carbocycles. The Hall–Kier alpha value is -2.76. The van der Waals surface area contributed by atoms with E-state index in [2.05, 4.69) is 22.5 Å². The smallest absolute Gasteiger partial charge is 0.408 e. The van der Waals surface area contributed by atoms with Gasteiger partial charge >= 0.3 is 6.09 Å². The standard InChI is InChI=1S/C21H25N3O3/c1-13-18(15-8-9-15)22-16-10-11-17(26-2)23-20(16)19(13)24-21(25)27-12-14-6-4-3-5-7-14/h3-7,10-11,13,15,18-19,22H,8-9,12H2,1-2H3,(H,24,25)/t13-,18-,19-/m1/s1. The van der Waals surface area contributed by atoms with Crippen LogP contribution in [0.25, 0.3) is 0 Å². The molecule has 3 atom stereocenters. The Balaban J connectivity index is 1.51. The topological polar surface area (TPSA) is 72.5 Å². The molecule has 0 spiro atoms. The molecular weight excluding hydrogens is 342 g/mol. The second-order valence-electron chi connectivity index (χ2n) is 7.34. The number of hydrogen-bond donors (Lipinski definition) is 2. The van der Waals surface area contributed by atoms with Crippen molar-refractivity contribution in [3.8, 4) is 5.88 Å². The Morgan fingerprint density at radius 2 is 2.00 bits per heavy atom. The number of nitrogens with zero attached hydrogens (tertiary/aromatic N) is 1. The maximum Gasteiger partial charge on any atom is 0.408 e. The average molecular weight is 367 g/mol. The summed E-state index contributed by atoms with van der Waals surface area (Å²) in [6.07, 6.45) is 2.03. The highest BCUT2D eigenvalue weighted by atomic mass is 16.5. The van der Waals surface area contributed by atoms with Crippen molar-refractivity contribution in [2.75, 3.05) is 12.4 Å². The Morgan fingerprint density at radius 1 is 1.22 bits per heavy atom. The van der Waals surface area contributed by atoms with E-state index >= 15 is 0 Å². The minimum absolute atomic E-state index is 0.203. The van der Waals surface area contributed by atoms with Gasteiger partial charge in [0.2, 0.25) is 5.88 Å². The molecule has 1 aliphatic heterocycles. The summed E-state index contributed by atoms with van der Waals surface area (Å²) in [4.78, 5) is 17.1. The van der Waals surface area contributed by atoms with E-state index in [1.165, 1.54) is 12.8 Å². The van der Waals surface area contributed by atoms with Crippen LogP contribution in [0.3, 0.4) is 0 Å². The number of nitrogens with one attached hydrogen (secondary N) is 2. The molecule has 0 radical (unpaired) electrons. The molecule has 2 N–H and O–H groups in total. The zero-order chi connectivity index (χ0) is 18.8. The van der Waals surface area contributed by atoms with Crippen LogP contribution >= 0.6 is 0 Å². The fourth-order valence-electron chi connectivity index (χ4n) is 3.79. The van der Waals surface area contributed by atoms with Crippen LogP contribution in [0, 0.1) is 11.8 Å². The molecular formula is C21H25N3O3. The van der Waals surface area contributed by atoms with Gasteiger partial charge in [-0.25, -0.2) is 9.78 Å². The Kier molecular flexibility index (Phi) is 4.88. The van der Waals surface area contributed by atoms with Gasteiger partial charge in [-0.1, -0.05) is 37.3 Å². The summed E-state index contributed by atoms with van der Waals surface area (Å²) in [5, 5.41) is 6.65. The molecule has 1 aromatic heterocycles. The summed E-state index contributed by atoms with van der Waals surface area (Å²) in [6, 6.07) is 13.6. The lowest BCUT2D eigenvalue weighted by Crippen LogP contribution is -2.45. The molecule has 1 saturated carbocycles. The van der Waals surface area contributed by atoms with Crippen molar-refractivity contribution in [3.05, 3.63) is 53.7 Å². The van der Waals surface area contributed by atoms with E-state index in [0.717, 1.165) is 16.9 Å². The van der Waals surface area contributed by atoms with Gasteiger partial charge in [-0.3, -0.25) is 0 Å². The summed E-state index contributed by atoms with van der Waals surface area (Å²) in [5.74, 6) is 1.39. The Labute approximate surface area is 159 Å². The van der Waals surface area contributed by atoms with Gasteiger partial charge in [0.15, 0.2) is 0 Å². The van der Waals surface area contributed by atoms with Crippen molar-refractivity contribution in [3.63, 3.8) is 0 Å². The second-order valence-corrected chi connectivity index (χ2v) is 7.34. The third kappa shape index (κ3) is 3.84. The number of aromatic nitrogens is 1. The van der Waals surface area contributed by atoms with E-state index in [-0.39, 0.29) is 18.6 Å². The lowest BCUT2D eigenvalue weighted by Gasteiger charge is -2.38. The van der Waals surface area contributed by atoms with Crippen LogP contribution in [-0.2, 0) is 11.3 Å². The number of hydrogen-bond acceptors (Lipinski definition) is 5. The predicted molar refractivity (Wildman–Crippen MR) is 103 cm³/mol. The van der Waals surface area contributed by atoms with E-state index in [1.54, 1.807) is 7.11 Å². The van der Waals surface area contributed by atoms with Gasteiger partial charge in [0.1, 0.15) is 6.61 Å². The summed E-state index contributed by atoms with van der Waals surface area (Å²) in [7, 11) is 1.60. The first kappa shape index (κ1) is 17.6. The lowest BCUT2D eigenvalue weighted by molar-refractivity contribution is 0.129. The number of amides is 1. The van der Waals surface area contributed by atoms with Gasteiger partial charge < -0.3 is 20.1 Å². The number of ether oxygens (including phenoxy) is 2. The molecule has 27 heavy (non-hydrogen) atoms. The van der Waals surface area contributed by atoms with Crippen LogP contribution in [0.4, 0.5) is 10.5 Å². The number of pyridine rings is 1. The first-order chi connectivity index (χ1) is 13.2. The third-order valence-corrected chi connectivity index (χ3v) is 5.43. The number of rotatable bonds is 5. The Bertz CT molecular complexity index is 808. The minimum atomic E-state index is -0.428. The molecule has 6 nitrogen and oxygen atoms in total. The maximum atomic E-state index is 12.5. The van der Waals surface area contributed by atoms with Crippen LogP contribution in [0.15, 0.2) is 42.5 Å². The van der Waals surface area contributed by atoms with E-state index < -0.39 is 6.09 Å². The quantitative estimate of drug-likeness (QED) is 0.839. The van der Waals surface area contributed by atoms with E-state index in [9.17, 15) is 4.79 Å². The van der Waals surface area contributed by atoms with Crippen molar-refractivity contribution >= 4 is 11.8 Å². The van der Waals surface area contributed by atoms with Crippen molar-refractivity contribution < 1.29 is 14.3 Å². The number of methoxy groups -OCH3 is 1. The lowest BCUT2D eigenvalue weighted by atomic mass is 9.84. The van der Waals surface area contributed by atoms with Crippen molar-refractivity contribution in [2.24, 2.45) is 11.8 Å². The minimum Gasteiger partial charge on any atom is -0.481 e. The summed E-state index contributed by atoms with van der Waals surface area (Å²) >= 11 is 0. The Morgan fingerprint density at radius 3 is 2.70 bits per heavy atom. The zero-order valence-electron chi connectivity index (χ0n) is 15.6. The van der Waals surface area contributed by atoms with Gasteiger partial charge in [0.05, 0.1) is 24.5 Å². The average Bonchev–Trinajstić information content (AvgIpc) is 3.54. The molecule has 0 unspecified atom stereocenters. The SMILES string of the molecule is COc1ccc2c(n1)[C@H](NC(=O)OCc1ccccc1)[C@H](C)[C@H](C1CC1)N2. The molecule has 1 fully saturated rings. The van der Waals surface area contributed by atoms with Gasteiger partial charge in [0, 0.05) is 18.0 Å². The zero-order valence-corrected chi connectivity index (χ0v) is 15.6. The van der Waals surface area contributed by atoms with Crippen LogP contribution in [0.1, 0.15) is 37.1 Å². The number of carbonyl (C=O) groups excluding carboxylic acids is 1. The third-order valence-electron chi connectivity index (χ3n) is 5.43. The number of carbonyl (C=O) groups is 1. The summed E-state index contributed by atoms with van der Waals surface area (Å²) in [5.41, 5.74) is 2.72. The molecule has 142 valence electrons. The highest BCUT2D eigenvalue weighted by molar-refractivity contribution is 5.69. The largest absolute Gasteiger partial charge is 0.481 e. The second kappa shape index (κ2) is 7.47. The number of anilines is 1. The van der Waals surface area contributed by atoms with Crippen molar-refractivity contribution in [1.29, 1.82) is 0 Å². The van der Waals surface area contributed by atoms with E-state index in [0.29, 0.717) is 17.8 Å². The normalized spacial score (nSPS) is 23.7. The van der Waals surface area contributed by atoms with Crippen LogP contribution in [0.5, 0.6) is 5.88 Å². The molecule has 2 aromatic rings. The predicted octanol–water partition coefficient (Wildman–Crippen LogP) is 3.90. The fraction of sp³-hybridized carbons (Fsp3) is 0.429. The number of benzene rings is 1.